The number of rotatable bonds is 7. The van der Waals surface area contributed by atoms with E-state index in [1.54, 1.807) is 37.3 Å². The maximum absolute atomic E-state index is 12.6. The number of carbonyl (C=O) groups is 3. The van der Waals surface area contributed by atoms with Gasteiger partial charge >= 0.3 is 0 Å². The molecule has 0 aliphatic rings. The first-order valence-corrected chi connectivity index (χ1v) is 11.3. The van der Waals surface area contributed by atoms with Crippen LogP contribution in [-0.2, 0) is 4.79 Å². The minimum absolute atomic E-state index is 0.0316. The van der Waals surface area contributed by atoms with E-state index in [2.05, 4.69) is 20.9 Å². The Hall–Kier alpha value is -4.29. The smallest absolute Gasteiger partial charge is 0.269 e. The molecule has 12 heteroatoms. The molecule has 0 bridgehead atoms. The molecule has 0 aliphatic carbocycles. The summed E-state index contributed by atoms with van der Waals surface area (Å²) in [4.78, 5) is 50.9. The number of aryl methyl sites for hydroxylation is 1. The monoisotopic (exact) mass is 509 g/mol. The van der Waals surface area contributed by atoms with Crippen molar-refractivity contribution in [3.05, 3.63) is 86.4 Å². The SMILES string of the molecule is CC(=O)Nc1ccc(C=CC(=O)c2sc(NC(=S)NC(=O)c3ccc([N+](=O)[O-])cc3)nc2C)cc1. The molecule has 178 valence electrons. The Morgan fingerprint density at radius 3 is 2.31 bits per heavy atom. The van der Waals surface area contributed by atoms with Gasteiger partial charge in [-0.05, 0) is 55.0 Å². The predicted octanol–water partition coefficient (Wildman–Crippen LogP) is 4.34. The molecule has 2 aromatic carbocycles. The van der Waals surface area contributed by atoms with E-state index in [1.165, 1.54) is 37.3 Å². The van der Waals surface area contributed by atoms with Gasteiger partial charge in [0, 0.05) is 30.3 Å². The first kappa shape index (κ1) is 25.3. The van der Waals surface area contributed by atoms with Gasteiger partial charge in [0.2, 0.25) is 5.91 Å². The Kier molecular flexibility index (Phi) is 8.12. The first-order valence-electron chi connectivity index (χ1n) is 10.1. The van der Waals surface area contributed by atoms with Gasteiger partial charge in [-0.2, -0.15) is 0 Å². The third-order valence-electron chi connectivity index (χ3n) is 4.47. The number of anilines is 2. The fourth-order valence-electron chi connectivity index (χ4n) is 2.85. The van der Waals surface area contributed by atoms with Crippen molar-refractivity contribution < 1.29 is 19.3 Å². The molecule has 0 spiro atoms. The van der Waals surface area contributed by atoms with Gasteiger partial charge in [-0.1, -0.05) is 29.5 Å². The van der Waals surface area contributed by atoms with Crippen molar-refractivity contribution in [3.63, 3.8) is 0 Å². The normalized spacial score (nSPS) is 10.6. The number of thiocarbonyl (C=S) groups is 1. The molecule has 0 fully saturated rings. The number of nitrogens with one attached hydrogen (secondary N) is 3. The lowest BCUT2D eigenvalue weighted by Crippen LogP contribution is -2.34. The molecule has 3 N–H and O–H groups in total. The van der Waals surface area contributed by atoms with E-state index in [4.69, 9.17) is 12.2 Å². The van der Waals surface area contributed by atoms with Crippen LogP contribution in [0.25, 0.3) is 6.08 Å². The fourth-order valence-corrected chi connectivity index (χ4v) is 3.99. The standard InChI is InChI=1S/C23H19N5O5S2/c1-13-20(19(30)12-5-15-3-8-17(9-4-15)25-14(2)29)35-23(24-13)27-22(34)26-21(31)16-6-10-18(11-7-16)28(32)33/h3-12H,1-2H3,(H,25,29)(H2,24,26,27,31,34). The van der Waals surface area contributed by atoms with Crippen LogP contribution in [-0.4, -0.2) is 32.6 Å². The second-order valence-electron chi connectivity index (χ2n) is 7.15. The van der Waals surface area contributed by atoms with E-state index < -0.39 is 10.8 Å². The zero-order valence-electron chi connectivity index (χ0n) is 18.5. The average Bonchev–Trinajstić information content (AvgIpc) is 3.17. The summed E-state index contributed by atoms with van der Waals surface area (Å²) in [5, 5.41) is 18.9. The lowest BCUT2D eigenvalue weighted by molar-refractivity contribution is -0.384. The highest BCUT2D eigenvalue weighted by molar-refractivity contribution is 7.80. The third-order valence-corrected chi connectivity index (χ3v) is 5.76. The van der Waals surface area contributed by atoms with Crippen molar-refractivity contribution in [1.82, 2.24) is 10.3 Å². The molecule has 0 aliphatic heterocycles. The number of allylic oxidation sites excluding steroid dienone is 1. The van der Waals surface area contributed by atoms with Crippen LogP contribution in [0.3, 0.4) is 0 Å². The second kappa shape index (κ2) is 11.2. The minimum Gasteiger partial charge on any atom is -0.326 e. The van der Waals surface area contributed by atoms with E-state index in [0.717, 1.165) is 16.9 Å². The van der Waals surface area contributed by atoms with Gasteiger partial charge in [-0.25, -0.2) is 4.98 Å². The molecule has 1 heterocycles. The number of amides is 2. The van der Waals surface area contributed by atoms with Gasteiger partial charge in [0.05, 0.1) is 15.5 Å². The number of hydrogen-bond donors (Lipinski definition) is 3. The summed E-state index contributed by atoms with van der Waals surface area (Å²) >= 11 is 6.22. The van der Waals surface area contributed by atoms with Crippen molar-refractivity contribution in [1.29, 1.82) is 0 Å². The Bertz CT molecular complexity index is 1330. The number of non-ortho nitro benzene ring substituents is 1. The highest BCUT2D eigenvalue weighted by Gasteiger charge is 2.16. The summed E-state index contributed by atoms with van der Waals surface area (Å²) < 4.78 is 0. The Morgan fingerprint density at radius 2 is 1.71 bits per heavy atom. The molecule has 0 atom stereocenters. The predicted molar refractivity (Wildman–Crippen MR) is 138 cm³/mol. The number of carbonyl (C=O) groups excluding carboxylic acids is 3. The molecule has 0 saturated carbocycles. The number of thiazole rings is 1. The van der Waals surface area contributed by atoms with Crippen molar-refractivity contribution in [2.45, 2.75) is 13.8 Å². The third kappa shape index (κ3) is 7.09. The molecule has 0 radical (unpaired) electrons. The number of benzene rings is 2. The Morgan fingerprint density at radius 1 is 1.06 bits per heavy atom. The van der Waals surface area contributed by atoms with Crippen LogP contribution in [0.4, 0.5) is 16.5 Å². The van der Waals surface area contributed by atoms with Crippen molar-refractivity contribution >= 4 is 68.8 Å². The maximum Gasteiger partial charge on any atom is 0.269 e. The van der Waals surface area contributed by atoms with Crippen LogP contribution in [0.15, 0.2) is 54.6 Å². The first-order chi connectivity index (χ1) is 16.6. The molecule has 3 aromatic rings. The van der Waals surface area contributed by atoms with Crippen molar-refractivity contribution in [2.75, 3.05) is 10.6 Å². The number of ketones is 1. The van der Waals surface area contributed by atoms with Crippen LogP contribution in [0.2, 0.25) is 0 Å². The molecule has 3 rings (SSSR count). The van der Waals surface area contributed by atoms with Gasteiger partial charge in [-0.15, -0.1) is 0 Å². The lowest BCUT2D eigenvalue weighted by atomic mass is 10.1. The van der Waals surface area contributed by atoms with E-state index in [9.17, 15) is 24.5 Å². The summed E-state index contributed by atoms with van der Waals surface area (Å²) in [6.07, 6.45) is 3.08. The van der Waals surface area contributed by atoms with Crippen molar-refractivity contribution in [3.8, 4) is 0 Å². The summed E-state index contributed by atoms with van der Waals surface area (Å²) in [6, 6.07) is 12.1. The highest BCUT2D eigenvalue weighted by atomic mass is 32.1. The largest absolute Gasteiger partial charge is 0.326 e. The van der Waals surface area contributed by atoms with Gasteiger partial charge < -0.3 is 10.6 Å². The summed E-state index contributed by atoms with van der Waals surface area (Å²) in [5.41, 5.74) is 2.00. The number of nitrogens with zero attached hydrogens (tertiary/aromatic N) is 2. The Labute approximate surface area is 209 Å². The maximum atomic E-state index is 12.6. The molecule has 0 unspecified atom stereocenters. The number of nitro benzene ring substituents is 1. The molecule has 0 saturated heterocycles. The van der Waals surface area contributed by atoms with Gasteiger partial charge in [0.25, 0.3) is 11.6 Å². The Balaban J connectivity index is 1.60. The number of aromatic nitrogens is 1. The summed E-state index contributed by atoms with van der Waals surface area (Å²) in [6.45, 7) is 3.11. The van der Waals surface area contributed by atoms with E-state index in [1.807, 2.05) is 0 Å². The van der Waals surface area contributed by atoms with Crippen LogP contribution in [0.5, 0.6) is 0 Å². The van der Waals surface area contributed by atoms with Crippen LogP contribution >= 0.6 is 23.6 Å². The molecular weight excluding hydrogens is 490 g/mol. The van der Waals surface area contributed by atoms with Crippen LogP contribution in [0.1, 0.15) is 38.2 Å². The molecule has 10 nitrogen and oxygen atoms in total. The average molecular weight is 510 g/mol. The summed E-state index contributed by atoms with van der Waals surface area (Å²) in [7, 11) is 0. The van der Waals surface area contributed by atoms with Crippen molar-refractivity contribution in [2.24, 2.45) is 0 Å². The topological polar surface area (TPSA) is 143 Å². The zero-order chi connectivity index (χ0) is 25.5. The van der Waals surface area contributed by atoms with E-state index in [-0.39, 0.29) is 28.1 Å². The zero-order valence-corrected chi connectivity index (χ0v) is 20.2. The second-order valence-corrected chi connectivity index (χ2v) is 8.55. The van der Waals surface area contributed by atoms with Crippen LogP contribution < -0.4 is 16.0 Å². The summed E-state index contributed by atoms with van der Waals surface area (Å²) in [5.74, 6) is -0.965. The highest BCUT2D eigenvalue weighted by Crippen LogP contribution is 2.24. The number of nitro groups is 1. The van der Waals surface area contributed by atoms with Gasteiger partial charge in [0.15, 0.2) is 16.0 Å². The fraction of sp³-hybridized carbons (Fsp3) is 0.0870. The van der Waals surface area contributed by atoms with Gasteiger partial charge in [-0.3, -0.25) is 29.8 Å². The quantitative estimate of drug-likeness (QED) is 0.140. The van der Waals surface area contributed by atoms with Crippen LogP contribution in [0, 0.1) is 17.0 Å². The molecular formula is C23H19N5O5S2. The van der Waals surface area contributed by atoms with E-state index >= 15 is 0 Å². The van der Waals surface area contributed by atoms with E-state index in [0.29, 0.717) is 21.4 Å². The number of hydrogen-bond acceptors (Lipinski definition) is 8. The molecule has 1 aromatic heterocycles. The minimum atomic E-state index is -0.559. The molecule has 35 heavy (non-hydrogen) atoms. The molecule has 2 amide bonds. The lowest BCUT2D eigenvalue weighted by Gasteiger charge is -2.07. The van der Waals surface area contributed by atoms with Gasteiger partial charge in [0.1, 0.15) is 0 Å².